The van der Waals surface area contributed by atoms with Crippen LogP contribution in [0.25, 0.3) is 11.1 Å². The molecule has 1 atom stereocenters. The second-order valence-corrected chi connectivity index (χ2v) is 5.11. The minimum atomic E-state index is -0.00714. The van der Waals surface area contributed by atoms with Crippen LogP contribution in [0.5, 0.6) is 0 Å². The van der Waals surface area contributed by atoms with Crippen molar-refractivity contribution in [2.75, 3.05) is 6.61 Å². The standard InChI is InChI=1S/C16H16N2O3/c19-10-13-5-4-12(7-14(13)11-20)15-8-17-18(9-15)16-3-1-2-6-21-16/h4-5,7-11,16H,1-3,6H2. The Hall–Kier alpha value is -2.27. The van der Waals surface area contributed by atoms with Crippen molar-refractivity contribution in [2.45, 2.75) is 25.5 Å². The Balaban J connectivity index is 1.88. The normalized spacial score (nSPS) is 18.4. The van der Waals surface area contributed by atoms with E-state index in [9.17, 15) is 9.59 Å². The molecule has 3 rings (SSSR count). The fraction of sp³-hybridized carbons (Fsp3) is 0.312. The molecule has 1 unspecified atom stereocenters. The Labute approximate surface area is 122 Å². The van der Waals surface area contributed by atoms with Gasteiger partial charge in [-0.25, -0.2) is 4.68 Å². The number of carbonyl (C=O) groups is 2. The monoisotopic (exact) mass is 284 g/mol. The molecule has 0 spiro atoms. The molecule has 108 valence electrons. The lowest BCUT2D eigenvalue weighted by Crippen LogP contribution is -2.18. The number of hydrogen-bond acceptors (Lipinski definition) is 4. The minimum Gasteiger partial charge on any atom is -0.357 e. The average molecular weight is 284 g/mol. The molecule has 0 aliphatic carbocycles. The molecular formula is C16H16N2O3. The van der Waals surface area contributed by atoms with Crippen LogP contribution in [-0.4, -0.2) is 29.0 Å². The van der Waals surface area contributed by atoms with Crippen molar-refractivity contribution in [2.24, 2.45) is 0 Å². The highest BCUT2D eigenvalue weighted by Crippen LogP contribution is 2.26. The van der Waals surface area contributed by atoms with E-state index < -0.39 is 0 Å². The molecule has 0 radical (unpaired) electrons. The quantitative estimate of drug-likeness (QED) is 0.810. The summed E-state index contributed by atoms with van der Waals surface area (Å²) in [6.45, 7) is 0.767. The SMILES string of the molecule is O=Cc1ccc(-c2cnn(C3CCCCO3)c2)cc1C=O. The van der Waals surface area contributed by atoms with Gasteiger partial charge in [-0.15, -0.1) is 0 Å². The molecule has 2 aromatic rings. The second-order valence-electron chi connectivity index (χ2n) is 5.11. The van der Waals surface area contributed by atoms with Gasteiger partial charge in [-0.1, -0.05) is 12.1 Å². The molecule has 1 aliphatic rings. The van der Waals surface area contributed by atoms with Crippen LogP contribution in [-0.2, 0) is 4.74 Å². The molecule has 1 saturated heterocycles. The van der Waals surface area contributed by atoms with E-state index in [0.717, 1.165) is 37.0 Å². The van der Waals surface area contributed by atoms with E-state index in [1.165, 1.54) is 0 Å². The van der Waals surface area contributed by atoms with E-state index >= 15 is 0 Å². The predicted octanol–water partition coefficient (Wildman–Crippen LogP) is 2.87. The molecule has 0 amide bonds. The highest BCUT2D eigenvalue weighted by Gasteiger charge is 2.17. The van der Waals surface area contributed by atoms with Gasteiger partial charge in [-0.3, -0.25) is 9.59 Å². The van der Waals surface area contributed by atoms with E-state index in [1.54, 1.807) is 18.3 Å². The van der Waals surface area contributed by atoms with Gasteiger partial charge in [-0.2, -0.15) is 5.10 Å². The predicted molar refractivity (Wildman–Crippen MR) is 77.3 cm³/mol. The molecule has 2 heterocycles. The number of carbonyl (C=O) groups excluding carboxylic acids is 2. The van der Waals surface area contributed by atoms with Crippen molar-refractivity contribution < 1.29 is 14.3 Å². The number of hydrogen-bond donors (Lipinski definition) is 0. The number of aldehydes is 2. The lowest BCUT2D eigenvalue weighted by atomic mass is 10.0. The summed E-state index contributed by atoms with van der Waals surface area (Å²) in [5.41, 5.74) is 2.57. The Kier molecular flexibility index (Phi) is 3.92. The van der Waals surface area contributed by atoms with Crippen LogP contribution in [0.2, 0.25) is 0 Å². The summed E-state index contributed by atoms with van der Waals surface area (Å²) in [6, 6.07) is 5.18. The maximum absolute atomic E-state index is 11.0. The number of benzene rings is 1. The third kappa shape index (κ3) is 2.78. The van der Waals surface area contributed by atoms with Crippen molar-refractivity contribution in [3.05, 3.63) is 41.7 Å². The molecular weight excluding hydrogens is 268 g/mol. The summed E-state index contributed by atoms with van der Waals surface area (Å²) >= 11 is 0. The maximum atomic E-state index is 11.0. The largest absolute Gasteiger partial charge is 0.357 e. The lowest BCUT2D eigenvalue weighted by molar-refractivity contribution is -0.0394. The molecule has 1 fully saturated rings. The Morgan fingerprint density at radius 2 is 2.00 bits per heavy atom. The van der Waals surface area contributed by atoms with Crippen LogP contribution in [0.3, 0.4) is 0 Å². The van der Waals surface area contributed by atoms with E-state index in [4.69, 9.17) is 4.74 Å². The van der Waals surface area contributed by atoms with Gasteiger partial charge in [0.25, 0.3) is 0 Å². The molecule has 0 N–H and O–H groups in total. The van der Waals surface area contributed by atoms with Gasteiger partial charge >= 0.3 is 0 Å². The highest BCUT2D eigenvalue weighted by molar-refractivity contribution is 5.92. The van der Waals surface area contributed by atoms with Gasteiger partial charge in [0.15, 0.2) is 12.6 Å². The molecule has 1 aromatic heterocycles. The number of nitrogens with zero attached hydrogens (tertiary/aromatic N) is 2. The van der Waals surface area contributed by atoms with Gasteiger partial charge in [0.05, 0.1) is 6.20 Å². The lowest BCUT2D eigenvalue weighted by Gasteiger charge is -2.22. The average Bonchev–Trinajstić information content (AvgIpc) is 3.05. The fourth-order valence-electron chi connectivity index (χ4n) is 2.54. The summed E-state index contributed by atoms with van der Waals surface area (Å²) < 4.78 is 7.51. The molecule has 21 heavy (non-hydrogen) atoms. The summed E-state index contributed by atoms with van der Waals surface area (Å²) in [5.74, 6) is 0. The van der Waals surface area contributed by atoms with Crippen LogP contribution in [0.1, 0.15) is 46.2 Å². The maximum Gasteiger partial charge on any atom is 0.150 e. The first kappa shape index (κ1) is 13.7. The third-order valence-corrected chi connectivity index (χ3v) is 3.73. The van der Waals surface area contributed by atoms with Crippen LogP contribution in [0.15, 0.2) is 30.6 Å². The summed E-state index contributed by atoms with van der Waals surface area (Å²) in [7, 11) is 0. The molecule has 5 heteroatoms. The van der Waals surface area contributed by atoms with E-state index in [1.807, 2.05) is 16.9 Å². The third-order valence-electron chi connectivity index (χ3n) is 3.73. The first-order valence-corrected chi connectivity index (χ1v) is 7.02. The first-order valence-electron chi connectivity index (χ1n) is 7.02. The van der Waals surface area contributed by atoms with Crippen LogP contribution < -0.4 is 0 Å². The zero-order valence-corrected chi connectivity index (χ0v) is 11.6. The topological polar surface area (TPSA) is 61.2 Å². The van der Waals surface area contributed by atoms with Gasteiger partial charge < -0.3 is 4.74 Å². The second kappa shape index (κ2) is 6.01. The van der Waals surface area contributed by atoms with Crippen LogP contribution in [0.4, 0.5) is 0 Å². The molecule has 1 aromatic carbocycles. The van der Waals surface area contributed by atoms with E-state index in [0.29, 0.717) is 23.7 Å². The van der Waals surface area contributed by atoms with Gasteiger partial charge in [0.2, 0.25) is 0 Å². The summed E-state index contributed by atoms with van der Waals surface area (Å²) in [6.07, 6.45) is 8.25. The van der Waals surface area contributed by atoms with Crippen LogP contribution in [0, 0.1) is 0 Å². The van der Waals surface area contributed by atoms with Crippen molar-refractivity contribution >= 4 is 12.6 Å². The number of aromatic nitrogens is 2. The summed E-state index contributed by atoms with van der Waals surface area (Å²) in [5, 5.41) is 4.35. The van der Waals surface area contributed by atoms with E-state index in [-0.39, 0.29) is 6.23 Å². The number of rotatable bonds is 4. The molecule has 0 bridgehead atoms. The minimum absolute atomic E-state index is 0.00714. The molecule has 5 nitrogen and oxygen atoms in total. The smallest absolute Gasteiger partial charge is 0.150 e. The number of ether oxygens (including phenoxy) is 1. The van der Waals surface area contributed by atoms with Gasteiger partial charge in [0, 0.05) is 29.5 Å². The zero-order valence-electron chi connectivity index (χ0n) is 11.6. The Morgan fingerprint density at radius 1 is 1.14 bits per heavy atom. The fourth-order valence-corrected chi connectivity index (χ4v) is 2.54. The Morgan fingerprint density at radius 3 is 2.71 bits per heavy atom. The molecule has 0 saturated carbocycles. The van der Waals surface area contributed by atoms with Crippen molar-refractivity contribution in [3.8, 4) is 11.1 Å². The first-order chi connectivity index (χ1) is 10.3. The molecule has 1 aliphatic heterocycles. The van der Waals surface area contributed by atoms with E-state index in [2.05, 4.69) is 5.10 Å². The van der Waals surface area contributed by atoms with Crippen molar-refractivity contribution in [1.82, 2.24) is 9.78 Å². The van der Waals surface area contributed by atoms with Crippen molar-refractivity contribution in [1.29, 1.82) is 0 Å². The van der Waals surface area contributed by atoms with Gasteiger partial charge in [0.1, 0.15) is 6.23 Å². The van der Waals surface area contributed by atoms with Crippen LogP contribution >= 0.6 is 0 Å². The van der Waals surface area contributed by atoms with Gasteiger partial charge in [-0.05, 0) is 30.9 Å². The Bertz CT molecular complexity index is 657. The zero-order chi connectivity index (χ0) is 14.7. The summed E-state index contributed by atoms with van der Waals surface area (Å²) in [4.78, 5) is 21.9. The highest BCUT2D eigenvalue weighted by atomic mass is 16.5. The van der Waals surface area contributed by atoms with Crippen molar-refractivity contribution in [3.63, 3.8) is 0 Å².